The first kappa shape index (κ1) is 24.4. The van der Waals surface area contributed by atoms with E-state index in [2.05, 4.69) is 15.2 Å². The third-order valence-corrected chi connectivity index (χ3v) is 7.22. The van der Waals surface area contributed by atoms with Gasteiger partial charge in [0.05, 0.1) is 29.1 Å². The molecule has 0 spiro atoms. The molecule has 1 aromatic heterocycles. The van der Waals surface area contributed by atoms with Crippen LogP contribution >= 0.6 is 0 Å². The molecule has 1 aromatic carbocycles. The molecule has 0 saturated carbocycles. The number of alkyl halides is 3. The number of amides is 3. The summed E-state index contributed by atoms with van der Waals surface area (Å²) in [4.78, 5) is 44.6. The second-order valence-corrected chi connectivity index (χ2v) is 9.59. The minimum atomic E-state index is -4.37. The number of nitrogens with zero attached hydrogens (tertiary/aromatic N) is 3. The lowest BCUT2D eigenvalue weighted by molar-refractivity contribution is -0.138. The third-order valence-electron chi connectivity index (χ3n) is 7.22. The van der Waals surface area contributed by atoms with Crippen molar-refractivity contribution >= 4 is 17.7 Å². The topological polar surface area (TPSA) is 103 Å². The van der Waals surface area contributed by atoms with Crippen LogP contribution in [-0.2, 0) is 34.5 Å². The maximum Gasteiger partial charge on any atom is 0.416 e. The molecule has 190 valence electrons. The summed E-state index contributed by atoms with van der Waals surface area (Å²) in [5, 5.41) is 13.6. The highest BCUT2D eigenvalue weighted by Crippen LogP contribution is 2.35. The Hall–Kier alpha value is -3.31. The number of fused-ring (bicyclic) bond motifs is 1. The van der Waals surface area contributed by atoms with Gasteiger partial charge >= 0.3 is 6.18 Å². The minimum absolute atomic E-state index is 0.129. The lowest BCUT2D eigenvalue weighted by Crippen LogP contribution is -2.52. The molecule has 11 heteroatoms. The molecule has 36 heavy (non-hydrogen) atoms. The zero-order valence-corrected chi connectivity index (χ0v) is 19.3. The third kappa shape index (κ3) is 4.60. The number of carbonyl (C=O) groups is 3. The number of nitrogens with one attached hydrogen (secondary N) is 1. The average Bonchev–Trinajstić information content (AvgIpc) is 3.16. The average molecular weight is 502 g/mol. The van der Waals surface area contributed by atoms with Gasteiger partial charge in [0.1, 0.15) is 11.6 Å². The molecule has 2 aromatic rings. The number of hydrogen-bond donors (Lipinski definition) is 2. The molecular formula is C25H25F3N4O4. The number of imide groups is 1. The molecule has 1 atom stereocenters. The summed E-state index contributed by atoms with van der Waals surface area (Å²) >= 11 is 0. The second kappa shape index (κ2) is 8.97. The number of halogens is 3. The predicted molar refractivity (Wildman–Crippen MR) is 120 cm³/mol. The highest BCUT2D eigenvalue weighted by molar-refractivity contribution is 6.05. The Balaban J connectivity index is 1.23. The molecule has 0 unspecified atom stereocenters. The Kier molecular flexibility index (Phi) is 6.08. The zero-order valence-electron chi connectivity index (χ0n) is 19.3. The van der Waals surface area contributed by atoms with E-state index in [0.717, 1.165) is 17.7 Å². The molecule has 5 rings (SSSR count). The number of hydrogen-bond acceptors (Lipinski definition) is 6. The predicted octanol–water partition coefficient (Wildman–Crippen LogP) is 2.34. The lowest BCUT2D eigenvalue weighted by atomic mass is 9.87. The zero-order chi connectivity index (χ0) is 25.7. The molecule has 2 N–H and O–H groups in total. The SMILES string of the molecule is O=C1CC[C@@H](N2Cc3nc(C4(O)CCN(Cc5ccc(C(F)(F)F)cc5)CC4)ccc3C2=O)C(=O)N1. The summed E-state index contributed by atoms with van der Waals surface area (Å²) in [5.41, 5.74) is 0.201. The van der Waals surface area contributed by atoms with Gasteiger partial charge in [-0.15, -0.1) is 0 Å². The van der Waals surface area contributed by atoms with Crippen LogP contribution in [0.3, 0.4) is 0 Å². The van der Waals surface area contributed by atoms with Crippen LogP contribution in [-0.4, -0.2) is 56.7 Å². The first-order chi connectivity index (χ1) is 17.0. The van der Waals surface area contributed by atoms with Crippen molar-refractivity contribution in [3.63, 3.8) is 0 Å². The van der Waals surface area contributed by atoms with Crippen LogP contribution in [0.15, 0.2) is 36.4 Å². The van der Waals surface area contributed by atoms with Gasteiger partial charge in [-0.25, -0.2) is 0 Å². The molecule has 0 bridgehead atoms. The van der Waals surface area contributed by atoms with Crippen molar-refractivity contribution in [3.05, 3.63) is 64.5 Å². The van der Waals surface area contributed by atoms with Gasteiger partial charge in [0.25, 0.3) is 5.91 Å². The highest BCUT2D eigenvalue weighted by atomic mass is 19.4. The number of benzene rings is 1. The molecule has 2 fully saturated rings. The fourth-order valence-electron chi connectivity index (χ4n) is 5.09. The molecule has 3 aliphatic rings. The highest BCUT2D eigenvalue weighted by Gasteiger charge is 2.41. The van der Waals surface area contributed by atoms with Crippen LogP contribution in [0.1, 0.15) is 58.6 Å². The van der Waals surface area contributed by atoms with Gasteiger partial charge in [0, 0.05) is 26.1 Å². The number of aliphatic hydroxyl groups is 1. The van der Waals surface area contributed by atoms with Crippen molar-refractivity contribution in [2.75, 3.05) is 13.1 Å². The van der Waals surface area contributed by atoms with E-state index in [1.165, 1.54) is 17.0 Å². The Morgan fingerprint density at radius 2 is 1.75 bits per heavy atom. The lowest BCUT2D eigenvalue weighted by Gasteiger charge is -2.38. The standard InChI is InChI=1S/C25H25F3N4O4/c26-25(27,28)16-3-1-15(2-4-16)13-31-11-9-24(36,10-12-31)20-7-5-17-18(29-20)14-32(23(17)35)19-6-8-21(33)30-22(19)34/h1-5,7,19,36H,6,8-14H2,(H,30,33,34)/t19-/m1/s1. The van der Waals surface area contributed by atoms with Gasteiger partial charge in [0.15, 0.2) is 0 Å². The van der Waals surface area contributed by atoms with E-state index in [1.54, 1.807) is 12.1 Å². The maximum atomic E-state index is 12.9. The quantitative estimate of drug-likeness (QED) is 0.623. The number of carbonyl (C=O) groups excluding carboxylic acids is 3. The van der Waals surface area contributed by atoms with E-state index in [1.807, 2.05) is 0 Å². The molecule has 2 saturated heterocycles. The molecular weight excluding hydrogens is 477 g/mol. The molecule has 0 radical (unpaired) electrons. The summed E-state index contributed by atoms with van der Waals surface area (Å²) in [6.07, 6.45) is -3.19. The van der Waals surface area contributed by atoms with E-state index < -0.39 is 29.3 Å². The van der Waals surface area contributed by atoms with Crippen LogP contribution < -0.4 is 5.32 Å². The van der Waals surface area contributed by atoms with Gasteiger partial charge in [-0.1, -0.05) is 12.1 Å². The number of likely N-dealkylation sites (tertiary alicyclic amines) is 1. The summed E-state index contributed by atoms with van der Waals surface area (Å²) in [7, 11) is 0. The van der Waals surface area contributed by atoms with Crippen LogP contribution in [0.25, 0.3) is 0 Å². The molecule has 3 aliphatic heterocycles. The van der Waals surface area contributed by atoms with Gasteiger partial charge in [-0.3, -0.25) is 29.6 Å². The smallest absolute Gasteiger partial charge is 0.383 e. The second-order valence-electron chi connectivity index (χ2n) is 9.59. The van der Waals surface area contributed by atoms with Crippen molar-refractivity contribution < 1.29 is 32.7 Å². The molecule has 0 aliphatic carbocycles. The first-order valence-electron chi connectivity index (χ1n) is 11.8. The Labute approximate surface area is 205 Å². The monoisotopic (exact) mass is 502 g/mol. The minimum Gasteiger partial charge on any atom is -0.383 e. The van der Waals surface area contributed by atoms with E-state index in [-0.39, 0.29) is 31.2 Å². The van der Waals surface area contributed by atoms with E-state index in [9.17, 15) is 32.7 Å². The Bertz CT molecular complexity index is 1210. The van der Waals surface area contributed by atoms with E-state index >= 15 is 0 Å². The van der Waals surface area contributed by atoms with Gasteiger partial charge in [0.2, 0.25) is 11.8 Å². The van der Waals surface area contributed by atoms with Crippen molar-refractivity contribution in [1.29, 1.82) is 0 Å². The fourth-order valence-corrected chi connectivity index (χ4v) is 5.09. The summed E-state index contributed by atoms with van der Waals surface area (Å²) in [6.45, 7) is 1.65. The molecule has 8 nitrogen and oxygen atoms in total. The van der Waals surface area contributed by atoms with Gasteiger partial charge < -0.3 is 10.0 Å². The largest absolute Gasteiger partial charge is 0.416 e. The fraction of sp³-hybridized carbons (Fsp3) is 0.440. The van der Waals surface area contributed by atoms with Crippen molar-refractivity contribution in [2.24, 2.45) is 0 Å². The number of aromatic nitrogens is 1. The van der Waals surface area contributed by atoms with Crippen molar-refractivity contribution in [2.45, 2.75) is 56.6 Å². The Morgan fingerprint density at radius 3 is 2.39 bits per heavy atom. The normalized spacial score (nSPS) is 22.5. The number of rotatable bonds is 4. The van der Waals surface area contributed by atoms with E-state index in [0.29, 0.717) is 49.4 Å². The maximum absolute atomic E-state index is 12.9. The number of pyridine rings is 1. The van der Waals surface area contributed by atoms with Crippen LogP contribution in [0.4, 0.5) is 13.2 Å². The van der Waals surface area contributed by atoms with Crippen LogP contribution in [0.2, 0.25) is 0 Å². The number of piperidine rings is 2. The summed E-state index contributed by atoms with van der Waals surface area (Å²) < 4.78 is 38.3. The molecule has 4 heterocycles. The molecule has 3 amide bonds. The summed E-state index contributed by atoms with van der Waals surface area (Å²) in [5.74, 6) is -1.17. The van der Waals surface area contributed by atoms with E-state index in [4.69, 9.17) is 0 Å². The Morgan fingerprint density at radius 1 is 1.06 bits per heavy atom. The van der Waals surface area contributed by atoms with Crippen LogP contribution in [0, 0.1) is 0 Å². The van der Waals surface area contributed by atoms with Crippen molar-refractivity contribution in [3.8, 4) is 0 Å². The first-order valence-corrected chi connectivity index (χ1v) is 11.8. The van der Waals surface area contributed by atoms with Crippen molar-refractivity contribution in [1.82, 2.24) is 20.1 Å². The van der Waals surface area contributed by atoms with Crippen LogP contribution in [0.5, 0.6) is 0 Å². The summed E-state index contributed by atoms with van der Waals surface area (Å²) in [6, 6.07) is 7.61. The van der Waals surface area contributed by atoms with Gasteiger partial charge in [-0.2, -0.15) is 13.2 Å². The van der Waals surface area contributed by atoms with Gasteiger partial charge in [-0.05, 0) is 49.1 Å².